The third-order valence-electron chi connectivity index (χ3n) is 3.24. The van der Waals surface area contributed by atoms with E-state index in [1.54, 1.807) is 35.8 Å². The maximum absolute atomic E-state index is 13.7. The van der Waals surface area contributed by atoms with Gasteiger partial charge in [-0.25, -0.2) is 14.2 Å². The van der Waals surface area contributed by atoms with Crippen molar-refractivity contribution in [2.45, 2.75) is 6.92 Å². The minimum absolute atomic E-state index is 0.133. The van der Waals surface area contributed by atoms with Crippen LogP contribution in [0.4, 0.5) is 4.39 Å². The topological polar surface area (TPSA) is 55.1 Å². The first-order valence-electron chi connectivity index (χ1n) is 6.04. The fourth-order valence-electron chi connectivity index (χ4n) is 2.15. The van der Waals surface area contributed by atoms with Crippen LogP contribution in [-0.2, 0) is 0 Å². The molecule has 2 aromatic carbocycles. The Kier molecular flexibility index (Phi) is 2.75. The van der Waals surface area contributed by atoms with Crippen molar-refractivity contribution in [2.75, 3.05) is 0 Å². The second-order valence-corrected chi connectivity index (χ2v) is 4.53. The van der Waals surface area contributed by atoms with Gasteiger partial charge in [0.2, 0.25) is 0 Å². The van der Waals surface area contributed by atoms with E-state index in [2.05, 4.69) is 4.98 Å². The molecular weight excluding hydrogens is 259 g/mol. The van der Waals surface area contributed by atoms with Crippen molar-refractivity contribution in [3.8, 4) is 5.69 Å². The minimum atomic E-state index is -1.03. The minimum Gasteiger partial charge on any atom is -0.478 e. The molecule has 0 amide bonds. The molecule has 0 radical (unpaired) electrons. The molecule has 1 aromatic heterocycles. The monoisotopic (exact) mass is 270 g/mol. The molecule has 0 unspecified atom stereocenters. The van der Waals surface area contributed by atoms with Crippen molar-refractivity contribution in [1.82, 2.24) is 9.55 Å². The van der Waals surface area contributed by atoms with Gasteiger partial charge in [0.05, 0.1) is 16.8 Å². The summed E-state index contributed by atoms with van der Waals surface area (Å²) in [6, 6.07) is 9.76. The highest BCUT2D eigenvalue weighted by Gasteiger charge is 2.13. The molecule has 5 heteroatoms. The predicted molar refractivity (Wildman–Crippen MR) is 72.7 cm³/mol. The van der Waals surface area contributed by atoms with Crippen molar-refractivity contribution in [3.63, 3.8) is 0 Å². The average molecular weight is 270 g/mol. The first-order valence-corrected chi connectivity index (χ1v) is 6.04. The number of imidazole rings is 1. The Morgan fingerprint density at radius 3 is 2.80 bits per heavy atom. The molecule has 0 aliphatic rings. The summed E-state index contributed by atoms with van der Waals surface area (Å²) in [5.74, 6) is -1.34. The van der Waals surface area contributed by atoms with Crippen LogP contribution in [0.1, 0.15) is 15.9 Å². The number of aromatic carboxylic acids is 1. The van der Waals surface area contributed by atoms with E-state index in [9.17, 15) is 9.18 Å². The lowest BCUT2D eigenvalue weighted by Crippen LogP contribution is -1.98. The van der Waals surface area contributed by atoms with E-state index in [4.69, 9.17) is 5.11 Å². The predicted octanol–water partition coefficient (Wildman–Crippen LogP) is 3.17. The fraction of sp³-hybridized carbons (Fsp3) is 0.0667. The molecule has 0 aliphatic carbocycles. The zero-order valence-corrected chi connectivity index (χ0v) is 10.7. The summed E-state index contributed by atoms with van der Waals surface area (Å²) >= 11 is 0. The Labute approximate surface area is 114 Å². The molecule has 0 fully saturated rings. The van der Waals surface area contributed by atoms with E-state index in [0.29, 0.717) is 22.3 Å². The van der Waals surface area contributed by atoms with Crippen LogP contribution in [-0.4, -0.2) is 20.6 Å². The molecule has 100 valence electrons. The molecule has 0 aliphatic heterocycles. The number of hydrogen-bond acceptors (Lipinski definition) is 2. The molecule has 0 saturated carbocycles. The van der Waals surface area contributed by atoms with Crippen molar-refractivity contribution in [2.24, 2.45) is 0 Å². The number of carboxylic acids is 1. The van der Waals surface area contributed by atoms with E-state index in [-0.39, 0.29) is 11.4 Å². The summed E-state index contributed by atoms with van der Waals surface area (Å²) in [7, 11) is 0. The number of aromatic nitrogens is 2. The fourth-order valence-corrected chi connectivity index (χ4v) is 2.15. The Bertz CT molecular complexity index is 824. The molecule has 0 atom stereocenters. The second kappa shape index (κ2) is 4.45. The van der Waals surface area contributed by atoms with Crippen molar-refractivity contribution < 1.29 is 14.3 Å². The molecule has 0 spiro atoms. The highest BCUT2D eigenvalue weighted by atomic mass is 19.1. The van der Waals surface area contributed by atoms with E-state index >= 15 is 0 Å². The number of nitrogens with zero attached hydrogens (tertiary/aromatic N) is 2. The molecule has 1 N–H and O–H groups in total. The maximum Gasteiger partial charge on any atom is 0.337 e. The van der Waals surface area contributed by atoms with Crippen LogP contribution in [0.3, 0.4) is 0 Å². The van der Waals surface area contributed by atoms with Gasteiger partial charge in [-0.3, -0.25) is 4.57 Å². The zero-order chi connectivity index (χ0) is 14.3. The summed E-state index contributed by atoms with van der Waals surface area (Å²) in [4.78, 5) is 15.3. The smallest absolute Gasteiger partial charge is 0.337 e. The molecule has 20 heavy (non-hydrogen) atoms. The van der Waals surface area contributed by atoms with Crippen LogP contribution >= 0.6 is 0 Å². The van der Waals surface area contributed by atoms with E-state index in [1.807, 2.05) is 0 Å². The van der Waals surface area contributed by atoms with Gasteiger partial charge in [0.1, 0.15) is 17.7 Å². The van der Waals surface area contributed by atoms with Crippen LogP contribution < -0.4 is 0 Å². The second-order valence-electron chi connectivity index (χ2n) is 4.53. The van der Waals surface area contributed by atoms with Crippen LogP contribution in [0.15, 0.2) is 42.7 Å². The number of benzene rings is 2. The van der Waals surface area contributed by atoms with Gasteiger partial charge in [-0.05, 0) is 36.8 Å². The Morgan fingerprint density at radius 2 is 2.10 bits per heavy atom. The molecule has 0 bridgehead atoms. The number of fused-ring (bicyclic) bond motifs is 1. The highest BCUT2D eigenvalue weighted by molar-refractivity contribution is 6.01. The molecule has 0 saturated heterocycles. The first-order chi connectivity index (χ1) is 9.58. The lowest BCUT2D eigenvalue weighted by molar-refractivity contribution is 0.0699. The van der Waals surface area contributed by atoms with Crippen LogP contribution in [0.25, 0.3) is 16.7 Å². The number of halogens is 1. The molecule has 3 aromatic rings. The van der Waals surface area contributed by atoms with E-state index in [1.165, 1.54) is 18.5 Å². The standard InChI is InChI=1S/C15H11FN2O2/c1-9-5-6-10(7-12(9)16)18-8-17-14-11(15(19)20)3-2-4-13(14)18/h2-8H,1H3,(H,19,20). The van der Waals surface area contributed by atoms with E-state index < -0.39 is 5.97 Å². The number of aryl methyl sites for hydroxylation is 1. The van der Waals surface area contributed by atoms with Gasteiger partial charge in [-0.1, -0.05) is 12.1 Å². The highest BCUT2D eigenvalue weighted by Crippen LogP contribution is 2.22. The van der Waals surface area contributed by atoms with Gasteiger partial charge < -0.3 is 5.11 Å². The lowest BCUT2D eigenvalue weighted by atomic mass is 10.1. The Morgan fingerprint density at radius 1 is 1.30 bits per heavy atom. The van der Waals surface area contributed by atoms with Gasteiger partial charge in [0.25, 0.3) is 0 Å². The van der Waals surface area contributed by atoms with Crippen LogP contribution in [0.2, 0.25) is 0 Å². The third kappa shape index (κ3) is 1.84. The normalized spacial score (nSPS) is 10.9. The van der Waals surface area contributed by atoms with Gasteiger partial charge in [-0.15, -0.1) is 0 Å². The van der Waals surface area contributed by atoms with Crippen molar-refractivity contribution in [1.29, 1.82) is 0 Å². The quantitative estimate of drug-likeness (QED) is 0.778. The number of hydrogen-bond donors (Lipinski definition) is 1. The summed E-state index contributed by atoms with van der Waals surface area (Å²) in [6.07, 6.45) is 1.50. The van der Waals surface area contributed by atoms with Crippen molar-refractivity contribution in [3.05, 3.63) is 59.7 Å². The van der Waals surface area contributed by atoms with Gasteiger partial charge >= 0.3 is 5.97 Å². The maximum atomic E-state index is 13.7. The third-order valence-corrected chi connectivity index (χ3v) is 3.24. The largest absolute Gasteiger partial charge is 0.478 e. The Hall–Kier alpha value is -2.69. The van der Waals surface area contributed by atoms with Gasteiger partial charge in [0.15, 0.2) is 0 Å². The summed E-state index contributed by atoms with van der Waals surface area (Å²) in [6.45, 7) is 1.69. The Balaban J connectivity index is 2.25. The number of carboxylic acid groups (broad SMARTS) is 1. The average Bonchev–Trinajstić information content (AvgIpc) is 2.85. The summed E-state index contributed by atoms with van der Waals surface area (Å²) in [5.41, 5.74) is 2.32. The van der Waals surface area contributed by atoms with Crippen LogP contribution in [0.5, 0.6) is 0 Å². The summed E-state index contributed by atoms with van der Waals surface area (Å²) in [5, 5.41) is 9.13. The lowest BCUT2D eigenvalue weighted by Gasteiger charge is -2.06. The summed E-state index contributed by atoms with van der Waals surface area (Å²) < 4.78 is 15.3. The molecule has 3 rings (SSSR count). The number of carbonyl (C=O) groups is 1. The van der Waals surface area contributed by atoms with Crippen LogP contribution in [0, 0.1) is 12.7 Å². The first kappa shape index (κ1) is 12.3. The zero-order valence-electron chi connectivity index (χ0n) is 10.7. The van der Waals surface area contributed by atoms with Gasteiger partial charge in [0, 0.05) is 0 Å². The molecular formula is C15H11FN2O2. The number of para-hydroxylation sites is 1. The van der Waals surface area contributed by atoms with Gasteiger partial charge in [-0.2, -0.15) is 0 Å². The van der Waals surface area contributed by atoms with Crippen molar-refractivity contribution >= 4 is 17.0 Å². The molecule has 4 nitrogen and oxygen atoms in total. The SMILES string of the molecule is Cc1ccc(-n2cnc3c(C(=O)O)cccc32)cc1F. The number of rotatable bonds is 2. The molecule has 1 heterocycles. The van der Waals surface area contributed by atoms with E-state index in [0.717, 1.165) is 0 Å².